The number of amides is 1. The Bertz CT molecular complexity index is 1860. The lowest BCUT2D eigenvalue weighted by atomic mass is 9.84. The zero-order valence-corrected chi connectivity index (χ0v) is 27.8. The quantitative estimate of drug-likeness (QED) is 0.255. The van der Waals surface area contributed by atoms with Gasteiger partial charge in [-0.3, -0.25) is 14.5 Å². The second-order valence-electron chi connectivity index (χ2n) is 13.1. The molecule has 10 nitrogen and oxygen atoms in total. The van der Waals surface area contributed by atoms with Crippen LogP contribution in [0.15, 0.2) is 60.2 Å². The van der Waals surface area contributed by atoms with E-state index in [2.05, 4.69) is 38.9 Å². The van der Waals surface area contributed by atoms with Gasteiger partial charge < -0.3 is 15.3 Å². The standard InChI is InChI=1S/C36H42FN7O3/c1-8-22-17-25(36(2,3)4)18-28(37)32(22)35(47)43(6)33-27(21-45)26(11-14-38-33)29-19-30(34(46)44(7)41-29)40-31-10-9-24(20-39-31)23-12-15-42(5)16-13-23/h8-11,14,17-20,23,45H,1,12-13,15-16,21H2,2-7H3,(H,39,40). The van der Waals surface area contributed by atoms with Gasteiger partial charge in [0.1, 0.15) is 23.1 Å². The lowest BCUT2D eigenvalue weighted by molar-refractivity contribution is 0.0987. The van der Waals surface area contributed by atoms with Gasteiger partial charge >= 0.3 is 0 Å². The van der Waals surface area contributed by atoms with Gasteiger partial charge in [0.05, 0.1) is 17.9 Å². The minimum Gasteiger partial charge on any atom is -0.392 e. The molecule has 246 valence electrons. The maximum Gasteiger partial charge on any atom is 0.290 e. The van der Waals surface area contributed by atoms with E-state index in [1.165, 1.54) is 47.6 Å². The van der Waals surface area contributed by atoms with Crippen LogP contribution in [0.4, 0.5) is 21.7 Å². The molecule has 1 fully saturated rings. The van der Waals surface area contributed by atoms with Crippen molar-refractivity contribution in [2.75, 3.05) is 37.4 Å². The van der Waals surface area contributed by atoms with E-state index in [0.717, 1.165) is 31.5 Å². The van der Waals surface area contributed by atoms with Gasteiger partial charge in [0, 0.05) is 37.6 Å². The van der Waals surface area contributed by atoms with Crippen LogP contribution in [-0.2, 0) is 19.1 Å². The fraction of sp³-hybridized carbons (Fsp3) is 0.361. The number of aromatic nitrogens is 4. The predicted molar refractivity (Wildman–Crippen MR) is 184 cm³/mol. The van der Waals surface area contributed by atoms with E-state index in [0.29, 0.717) is 28.6 Å². The highest BCUT2D eigenvalue weighted by Gasteiger charge is 2.27. The molecule has 1 aliphatic heterocycles. The molecule has 1 saturated heterocycles. The van der Waals surface area contributed by atoms with Crippen LogP contribution in [0.25, 0.3) is 17.3 Å². The molecular weight excluding hydrogens is 597 g/mol. The van der Waals surface area contributed by atoms with Crippen molar-refractivity contribution in [2.24, 2.45) is 7.05 Å². The summed E-state index contributed by atoms with van der Waals surface area (Å²) in [6.07, 6.45) is 6.94. The van der Waals surface area contributed by atoms with Gasteiger partial charge in [-0.15, -0.1) is 0 Å². The fourth-order valence-electron chi connectivity index (χ4n) is 5.91. The van der Waals surface area contributed by atoms with Gasteiger partial charge in [-0.05, 0) is 85.3 Å². The zero-order chi connectivity index (χ0) is 34.0. The number of nitrogens with one attached hydrogen (secondary N) is 1. The molecule has 0 atom stereocenters. The van der Waals surface area contributed by atoms with E-state index in [1.807, 2.05) is 39.1 Å². The first-order chi connectivity index (χ1) is 22.3. The monoisotopic (exact) mass is 639 g/mol. The van der Waals surface area contributed by atoms with Crippen LogP contribution in [0, 0.1) is 5.82 Å². The molecule has 0 radical (unpaired) electrons. The van der Waals surface area contributed by atoms with Crippen LogP contribution in [0.5, 0.6) is 0 Å². The summed E-state index contributed by atoms with van der Waals surface area (Å²) in [5.74, 6) is -0.229. The SMILES string of the molecule is C=Cc1cc(C(C)(C)C)cc(F)c1C(=O)N(C)c1nccc(-c2cc(Nc3ccc(C4CCN(C)CC4)cn3)c(=O)n(C)n2)c1CO. The second-order valence-corrected chi connectivity index (χ2v) is 13.1. The lowest BCUT2D eigenvalue weighted by Crippen LogP contribution is -2.30. The summed E-state index contributed by atoms with van der Waals surface area (Å²) in [6.45, 7) is 11.3. The van der Waals surface area contributed by atoms with E-state index in [1.54, 1.807) is 18.2 Å². The maximum atomic E-state index is 15.5. The molecule has 4 aromatic rings. The summed E-state index contributed by atoms with van der Waals surface area (Å²) < 4.78 is 16.7. The number of halogens is 1. The van der Waals surface area contributed by atoms with Crippen LogP contribution in [0.3, 0.4) is 0 Å². The first-order valence-electron chi connectivity index (χ1n) is 15.7. The van der Waals surface area contributed by atoms with Crippen LogP contribution < -0.4 is 15.8 Å². The molecule has 0 unspecified atom stereocenters. The Balaban J connectivity index is 1.46. The normalized spacial score (nSPS) is 14.2. The minimum atomic E-state index is -0.672. The minimum absolute atomic E-state index is 0.126. The Morgan fingerprint density at radius 3 is 2.49 bits per heavy atom. The zero-order valence-electron chi connectivity index (χ0n) is 27.8. The van der Waals surface area contributed by atoms with Crippen molar-refractivity contribution in [3.8, 4) is 11.3 Å². The molecule has 1 aliphatic rings. The van der Waals surface area contributed by atoms with Crippen molar-refractivity contribution >= 4 is 29.3 Å². The van der Waals surface area contributed by atoms with Crippen molar-refractivity contribution < 1.29 is 14.3 Å². The average Bonchev–Trinajstić information content (AvgIpc) is 3.05. The topological polar surface area (TPSA) is 116 Å². The van der Waals surface area contributed by atoms with Crippen molar-refractivity contribution in [1.29, 1.82) is 0 Å². The molecule has 0 aliphatic carbocycles. The number of pyridine rings is 2. The number of nitrogens with zero attached hydrogens (tertiary/aromatic N) is 6. The molecule has 11 heteroatoms. The third-order valence-electron chi connectivity index (χ3n) is 8.81. The highest BCUT2D eigenvalue weighted by molar-refractivity contribution is 6.08. The molecule has 5 rings (SSSR count). The summed E-state index contributed by atoms with van der Waals surface area (Å²) in [7, 11) is 5.14. The number of carbonyl (C=O) groups excluding carboxylic acids is 1. The fourth-order valence-corrected chi connectivity index (χ4v) is 5.91. The summed E-state index contributed by atoms with van der Waals surface area (Å²) in [4.78, 5) is 39.3. The second kappa shape index (κ2) is 13.5. The number of hydrogen-bond acceptors (Lipinski definition) is 8. The number of anilines is 3. The van der Waals surface area contributed by atoms with Gasteiger partial charge in [0.2, 0.25) is 0 Å². The van der Waals surface area contributed by atoms with E-state index < -0.39 is 18.3 Å². The number of hydrogen-bond donors (Lipinski definition) is 2. The third-order valence-corrected chi connectivity index (χ3v) is 8.81. The third kappa shape index (κ3) is 7.01. The largest absolute Gasteiger partial charge is 0.392 e. The van der Waals surface area contributed by atoms with Gasteiger partial charge in [-0.1, -0.05) is 45.6 Å². The average molecular weight is 640 g/mol. The Morgan fingerprint density at radius 1 is 1.15 bits per heavy atom. The van der Waals surface area contributed by atoms with Crippen LogP contribution >= 0.6 is 0 Å². The molecule has 2 N–H and O–H groups in total. The first kappa shape index (κ1) is 33.6. The summed E-state index contributed by atoms with van der Waals surface area (Å²) in [5, 5.41) is 18.1. The summed E-state index contributed by atoms with van der Waals surface area (Å²) >= 11 is 0. The van der Waals surface area contributed by atoms with Crippen LogP contribution in [0.2, 0.25) is 0 Å². The van der Waals surface area contributed by atoms with Crippen molar-refractivity contribution in [3.63, 3.8) is 0 Å². The highest BCUT2D eigenvalue weighted by Crippen LogP contribution is 2.33. The molecule has 4 heterocycles. The van der Waals surface area contributed by atoms with Gasteiger partial charge in [0.15, 0.2) is 0 Å². The van der Waals surface area contributed by atoms with E-state index in [4.69, 9.17) is 0 Å². The molecule has 47 heavy (non-hydrogen) atoms. The maximum absolute atomic E-state index is 15.5. The molecule has 0 saturated carbocycles. The van der Waals surface area contributed by atoms with Gasteiger partial charge in [0.25, 0.3) is 11.5 Å². The molecule has 3 aromatic heterocycles. The van der Waals surface area contributed by atoms with E-state index in [-0.39, 0.29) is 33.6 Å². The van der Waals surface area contributed by atoms with Crippen LogP contribution in [-0.4, -0.2) is 62.8 Å². The molecule has 1 amide bonds. The predicted octanol–water partition coefficient (Wildman–Crippen LogP) is 5.64. The summed E-state index contributed by atoms with van der Waals surface area (Å²) in [6, 6.07) is 10.3. The number of benzene rings is 1. The first-order valence-corrected chi connectivity index (χ1v) is 15.7. The number of aryl methyl sites for hydroxylation is 1. The van der Waals surface area contributed by atoms with Crippen LogP contribution in [0.1, 0.15) is 72.1 Å². The number of rotatable bonds is 8. The molecule has 0 spiro atoms. The highest BCUT2D eigenvalue weighted by atomic mass is 19.1. The van der Waals surface area contributed by atoms with Crippen molar-refractivity contribution in [1.82, 2.24) is 24.6 Å². The Hall–Kier alpha value is -4.74. The Morgan fingerprint density at radius 2 is 1.87 bits per heavy atom. The molecule has 0 bridgehead atoms. The lowest BCUT2D eigenvalue weighted by Gasteiger charge is -2.29. The van der Waals surface area contributed by atoms with Crippen molar-refractivity contribution in [3.05, 3.63) is 99.4 Å². The smallest absolute Gasteiger partial charge is 0.290 e. The van der Waals surface area contributed by atoms with Crippen molar-refractivity contribution in [2.45, 2.75) is 51.6 Å². The molecular formula is C36H42FN7O3. The Kier molecular flexibility index (Phi) is 9.69. The number of piperidine rings is 1. The number of aliphatic hydroxyl groups is 1. The number of aliphatic hydroxyl groups excluding tert-OH is 1. The molecule has 1 aromatic carbocycles. The number of carbonyl (C=O) groups is 1. The Labute approximate surface area is 274 Å². The number of likely N-dealkylation sites (tertiary alicyclic amines) is 1. The van der Waals surface area contributed by atoms with Gasteiger partial charge in [-0.2, -0.15) is 5.10 Å². The summed E-state index contributed by atoms with van der Waals surface area (Å²) in [5.41, 5.74) is 2.74. The van der Waals surface area contributed by atoms with E-state index in [9.17, 15) is 14.7 Å². The van der Waals surface area contributed by atoms with Gasteiger partial charge in [-0.25, -0.2) is 19.0 Å². The van der Waals surface area contributed by atoms with E-state index >= 15 is 4.39 Å².